The number of hydrogen-bond donors (Lipinski definition) is 1. The molecular formula is C15H16FNO2S. The number of amides is 1. The van der Waals surface area contributed by atoms with Gasteiger partial charge in [0.15, 0.2) is 0 Å². The van der Waals surface area contributed by atoms with Gasteiger partial charge in [-0.15, -0.1) is 11.3 Å². The number of thiophene rings is 1. The van der Waals surface area contributed by atoms with Gasteiger partial charge in [-0.05, 0) is 30.5 Å². The van der Waals surface area contributed by atoms with Crippen molar-refractivity contribution in [2.24, 2.45) is 0 Å². The number of carbonyl (C=O) groups is 1. The van der Waals surface area contributed by atoms with Gasteiger partial charge in [-0.3, -0.25) is 4.79 Å². The normalized spacial score (nSPS) is 10.7. The number of nitrogens with one attached hydrogen (secondary N) is 1. The van der Waals surface area contributed by atoms with E-state index in [4.69, 9.17) is 4.74 Å². The van der Waals surface area contributed by atoms with E-state index >= 15 is 0 Å². The molecule has 0 atom stereocenters. The molecule has 0 spiro atoms. The second-order valence-electron chi connectivity index (χ2n) is 4.56. The first kappa shape index (κ1) is 14.7. The molecule has 0 aliphatic carbocycles. The number of hydrogen-bond acceptors (Lipinski definition) is 3. The van der Waals surface area contributed by atoms with Gasteiger partial charge in [-0.25, -0.2) is 4.39 Å². The molecule has 0 aliphatic rings. The van der Waals surface area contributed by atoms with Crippen LogP contribution in [0.15, 0.2) is 36.4 Å². The quantitative estimate of drug-likeness (QED) is 0.655. The summed E-state index contributed by atoms with van der Waals surface area (Å²) in [7, 11) is 0. The van der Waals surface area contributed by atoms with E-state index in [1.807, 2.05) is 6.92 Å². The molecule has 1 N–H and O–H groups in total. The molecule has 1 heterocycles. The van der Waals surface area contributed by atoms with Gasteiger partial charge < -0.3 is 10.1 Å². The van der Waals surface area contributed by atoms with Crippen molar-refractivity contribution in [2.45, 2.75) is 6.92 Å². The Bertz CT molecular complexity index is 636. The SMILES string of the molecule is C=C(C)COCCNC(=O)c1cc2ccc(F)cc2s1. The van der Waals surface area contributed by atoms with Crippen LogP contribution < -0.4 is 5.32 Å². The lowest BCUT2D eigenvalue weighted by Crippen LogP contribution is -2.26. The summed E-state index contributed by atoms with van der Waals surface area (Å²) in [5.41, 5.74) is 0.947. The predicted molar refractivity (Wildman–Crippen MR) is 79.7 cm³/mol. The first-order valence-electron chi connectivity index (χ1n) is 6.25. The first-order valence-corrected chi connectivity index (χ1v) is 7.07. The third-order valence-corrected chi connectivity index (χ3v) is 3.68. The molecule has 0 saturated carbocycles. The topological polar surface area (TPSA) is 38.3 Å². The van der Waals surface area contributed by atoms with Gasteiger partial charge in [0.2, 0.25) is 0 Å². The van der Waals surface area contributed by atoms with Crippen LogP contribution in [-0.2, 0) is 4.74 Å². The van der Waals surface area contributed by atoms with Crippen molar-refractivity contribution in [3.05, 3.63) is 47.1 Å². The van der Waals surface area contributed by atoms with Crippen LogP contribution in [0.4, 0.5) is 4.39 Å². The first-order chi connectivity index (χ1) is 9.56. The second kappa shape index (κ2) is 6.63. The molecule has 0 saturated heterocycles. The highest BCUT2D eigenvalue weighted by Gasteiger charge is 2.10. The van der Waals surface area contributed by atoms with Gasteiger partial charge in [-0.2, -0.15) is 0 Å². The van der Waals surface area contributed by atoms with Crippen LogP contribution in [0.25, 0.3) is 10.1 Å². The van der Waals surface area contributed by atoms with Gasteiger partial charge >= 0.3 is 0 Å². The van der Waals surface area contributed by atoms with E-state index in [0.717, 1.165) is 15.7 Å². The van der Waals surface area contributed by atoms with Gasteiger partial charge in [0, 0.05) is 11.2 Å². The predicted octanol–water partition coefficient (Wildman–Crippen LogP) is 3.36. The highest BCUT2D eigenvalue weighted by Crippen LogP contribution is 2.26. The maximum absolute atomic E-state index is 13.1. The molecule has 0 radical (unpaired) electrons. The molecule has 106 valence electrons. The summed E-state index contributed by atoms with van der Waals surface area (Å²) in [4.78, 5) is 12.5. The van der Waals surface area contributed by atoms with Crippen molar-refractivity contribution in [1.29, 1.82) is 0 Å². The van der Waals surface area contributed by atoms with Crippen LogP contribution in [0.5, 0.6) is 0 Å². The fourth-order valence-electron chi connectivity index (χ4n) is 1.69. The lowest BCUT2D eigenvalue weighted by atomic mass is 10.2. The molecule has 0 bridgehead atoms. The van der Waals surface area contributed by atoms with Gasteiger partial charge in [0.05, 0.1) is 18.1 Å². The monoisotopic (exact) mass is 293 g/mol. The smallest absolute Gasteiger partial charge is 0.261 e. The fourth-order valence-corrected chi connectivity index (χ4v) is 2.69. The number of fused-ring (bicyclic) bond motifs is 1. The summed E-state index contributed by atoms with van der Waals surface area (Å²) < 4.78 is 19.1. The molecule has 0 fully saturated rings. The van der Waals surface area contributed by atoms with Crippen LogP contribution >= 0.6 is 11.3 Å². The van der Waals surface area contributed by atoms with Crippen LogP contribution in [0, 0.1) is 5.82 Å². The average molecular weight is 293 g/mol. The van der Waals surface area contributed by atoms with E-state index in [0.29, 0.717) is 24.6 Å². The maximum Gasteiger partial charge on any atom is 0.261 e. The minimum Gasteiger partial charge on any atom is -0.375 e. The summed E-state index contributed by atoms with van der Waals surface area (Å²) in [5, 5.41) is 3.65. The molecular weight excluding hydrogens is 277 g/mol. The minimum atomic E-state index is -0.292. The molecule has 20 heavy (non-hydrogen) atoms. The van der Waals surface area contributed by atoms with Crippen molar-refractivity contribution in [2.75, 3.05) is 19.8 Å². The Hall–Kier alpha value is -1.72. The number of rotatable bonds is 6. The Morgan fingerprint density at radius 1 is 1.45 bits per heavy atom. The highest BCUT2D eigenvalue weighted by atomic mass is 32.1. The molecule has 1 amide bonds. The Labute approximate surface area is 121 Å². The summed E-state index contributed by atoms with van der Waals surface area (Å²) in [6, 6.07) is 6.27. The Balaban J connectivity index is 1.89. The van der Waals surface area contributed by atoms with Crippen LogP contribution in [0.1, 0.15) is 16.6 Å². The molecule has 0 unspecified atom stereocenters. The van der Waals surface area contributed by atoms with Crippen LogP contribution in [0.2, 0.25) is 0 Å². The zero-order valence-corrected chi connectivity index (χ0v) is 12.1. The Kier molecular flexibility index (Phi) is 4.87. The van der Waals surface area contributed by atoms with Gasteiger partial charge in [-0.1, -0.05) is 18.2 Å². The zero-order chi connectivity index (χ0) is 14.5. The van der Waals surface area contributed by atoms with E-state index in [1.165, 1.54) is 23.5 Å². The van der Waals surface area contributed by atoms with Crippen molar-refractivity contribution in [1.82, 2.24) is 5.32 Å². The Morgan fingerprint density at radius 3 is 3.00 bits per heavy atom. The maximum atomic E-state index is 13.1. The lowest BCUT2D eigenvalue weighted by Gasteiger charge is -2.04. The third-order valence-electron chi connectivity index (χ3n) is 2.59. The van der Waals surface area contributed by atoms with E-state index in [-0.39, 0.29) is 11.7 Å². The zero-order valence-electron chi connectivity index (χ0n) is 11.2. The van der Waals surface area contributed by atoms with Crippen molar-refractivity contribution in [3.63, 3.8) is 0 Å². The van der Waals surface area contributed by atoms with E-state index < -0.39 is 0 Å². The van der Waals surface area contributed by atoms with Crippen LogP contribution in [0.3, 0.4) is 0 Å². The molecule has 5 heteroatoms. The summed E-state index contributed by atoms with van der Waals surface area (Å²) >= 11 is 1.28. The highest BCUT2D eigenvalue weighted by molar-refractivity contribution is 7.20. The van der Waals surface area contributed by atoms with Crippen LogP contribution in [-0.4, -0.2) is 25.7 Å². The number of benzene rings is 1. The van der Waals surface area contributed by atoms with Gasteiger partial charge in [0.25, 0.3) is 5.91 Å². The lowest BCUT2D eigenvalue weighted by molar-refractivity contribution is 0.0931. The molecule has 1 aromatic heterocycles. The molecule has 2 aromatic rings. The Morgan fingerprint density at radius 2 is 2.25 bits per heavy atom. The average Bonchev–Trinajstić information content (AvgIpc) is 2.80. The van der Waals surface area contributed by atoms with Crippen molar-refractivity contribution in [3.8, 4) is 0 Å². The number of ether oxygens (including phenoxy) is 1. The summed E-state index contributed by atoms with van der Waals surface area (Å²) in [6.45, 7) is 6.99. The fraction of sp³-hybridized carbons (Fsp3) is 0.267. The van der Waals surface area contributed by atoms with E-state index in [2.05, 4.69) is 11.9 Å². The second-order valence-corrected chi connectivity index (χ2v) is 5.64. The largest absolute Gasteiger partial charge is 0.375 e. The van der Waals surface area contributed by atoms with E-state index in [1.54, 1.807) is 12.1 Å². The van der Waals surface area contributed by atoms with Crippen molar-refractivity contribution >= 4 is 27.3 Å². The molecule has 1 aromatic carbocycles. The summed E-state index contributed by atoms with van der Waals surface area (Å²) in [5.74, 6) is -0.454. The third kappa shape index (κ3) is 3.88. The number of carbonyl (C=O) groups excluding carboxylic acids is 1. The molecule has 2 rings (SSSR count). The minimum absolute atomic E-state index is 0.162. The number of halogens is 1. The molecule has 3 nitrogen and oxygen atoms in total. The molecule has 0 aliphatic heterocycles. The summed E-state index contributed by atoms with van der Waals surface area (Å²) in [6.07, 6.45) is 0. The van der Waals surface area contributed by atoms with Crippen molar-refractivity contribution < 1.29 is 13.9 Å². The van der Waals surface area contributed by atoms with E-state index in [9.17, 15) is 9.18 Å². The standard InChI is InChI=1S/C15H16FNO2S/c1-10(2)9-19-6-5-17-15(18)14-7-11-3-4-12(16)8-13(11)20-14/h3-4,7-8H,1,5-6,9H2,2H3,(H,17,18). The van der Waals surface area contributed by atoms with Gasteiger partial charge in [0.1, 0.15) is 5.82 Å².